The summed E-state index contributed by atoms with van der Waals surface area (Å²) in [5.41, 5.74) is 0. The number of ether oxygens (including phenoxy) is 1. The van der Waals surface area contributed by atoms with E-state index >= 15 is 0 Å². The molecule has 0 spiro atoms. The Hall–Kier alpha value is -1.46. The van der Waals surface area contributed by atoms with E-state index in [9.17, 15) is 0 Å². The lowest BCUT2D eigenvalue weighted by Gasteiger charge is -2.08. The molecule has 0 aliphatic rings. The van der Waals surface area contributed by atoms with Crippen molar-refractivity contribution < 1.29 is 4.74 Å². The predicted octanol–water partition coefficient (Wildman–Crippen LogP) is 2.62. The molecule has 2 aromatic rings. The van der Waals surface area contributed by atoms with Crippen molar-refractivity contribution in [1.29, 1.82) is 0 Å². The molecule has 0 saturated heterocycles. The van der Waals surface area contributed by atoms with Crippen LogP contribution in [0.4, 0.5) is 5.82 Å². The largest absolute Gasteiger partial charge is 0.493 e. The van der Waals surface area contributed by atoms with E-state index < -0.39 is 0 Å². The van der Waals surface area contributed by atoms with Gasteiger partial charge in [-0.3, -0.25) is 0 Å². The number of rotatable bonds is 3. The topological polar surface area (TPSA) is 52.0 Å². The molecule has 5 nitrogen and oxygen atoms in total. The smallest absolute Gasteiger partial charge is 0.174 e. The summed E-state index contributed by atoms with van der Waals surface area (Å²) in [5, 5.41) is 7.85. The summed E-state index contributed by atoms with van der Waals surface area (Å²) in [6.07, 6.45) is 3.26. The highest BCUT2D eigenvalue weighted by atomic mass is 35.5. The molecule has 0 bridgehead atoms. The molecule has 1 N–H and O–H groups in total. The van der Waals surface area contributed by atoms with E-state index in [-0.39, 0.29) is 0 Å². The normalized spacial score (nSPS) is 10.4. The van der Waals surface area contributed by atoms with Gasteiger partial charge in [0.1, 0.15) is 5.82 Å². The average Bonchev–Trinajstić information content (AvgIpc) is 2.78. The fourth-order valence-electron chi connectivity index (χ4n) is 1.32. The lowest BCUT2D eigenvalue weighted by atomic mass is 10.4. The minimum Gasteiger partial charge on any atom is -0.493 e. The van der Waals surface area contributed by atoms with Crippen LogP contribution >= 0.6 is 23.2 Å². The van der Waals surface area contributed by atoms with Crippen LogP contribution in [-0.4, -0.2) is 28.9 Å². The van der Waals surface area contributed by atoms with Crippen LogP contribution in [0.3, 0.4) is 0 Å². The van der Waals surface area contributed by atoms with Crippen LogP contribution in [-0.2, 0) is 0 Å². The fourth-order valence-corrected chi connectivity index (χ4v) is 1.86. The van der Waals surface area contributed by atoms with Crippen LogP contribution in [0.5, 0.6) is 5.75 Å². The molecule has 17 heavy (non-hydrogen) atoms. The Kier molecular flexibility index (Phi) is 3.40. The maximum Gasteiger partial charge on any atom is 0.174 e. The molecule has 90 valence electrons. The molecular formula is C10H10Cl2N4O. The molecule has 2 rings (SSSR count). The molecule has 0 radical (unpaired) electrons. The zero-order valence-electron chi connectivity index (χ0n) is 9.24. The van der Waals surface area contributed by atoms with Crippen molar-refractivity contribution in [3.63, 3.8) is 0 Å². The van der Waals surface area contributed by atoms with E-state index in [1.165, 1.54) is 4.68 Å². The van der Waals surface area contributed by atoms with Gasteiger partial charge in [-0.2, -0.15) is 5.10 Å². The summed E-state index contributed by atoms with van der Waals surface area (Å²) in [7, 11) is 3.30. The van der Waals surface area contributed by atoms with Crippen molar-refractivity contribution in [3.05, 3.63) is 28.5 Å². The van der Waals surface area contributed by atoms with Gasteiger partial charge in [-0.15, -0.1) is 0 Å². The van der Waals surface area contributed by atoms with Gasteiger partial charge in [-0.05, 0) is 6.07 Å². The number of aromatic nitrogens is 3. The Morgan fingerprint density at radius 3 is 2.71 bits per heavy atom. The first kappa shape index (κ1) is 12.0. The molecule has 7 heteroatoms. The molecule has 2 aromatic heterocycles. The van der Waals surface area contributed by atoms with Gasteiger partial charge in [0, 0.05) is 7.05 Å². The Morgan fingerprint density at radius 2 is 2.12 bits per heavy atom. The third-order valence-corrected chi connectivity index (χ3v) is 2.73. The maximum atomic E-state index is 6.07. The summed E-state index contributed by atoms with van der Waals surface area (Å²) in [6.45, 7) is 0. The van der Waals surface area contributed by atoms with E-state index in [4.69, 9.17) is 27.9 Å². The molecule has 0 aromatic carbocycles. The van der Waals surface area contributed by atoms with Crippen LogP contribution in [0.1, 0.15) is 0 Å². The van der Waals surface area contributed by atoms with E-state index in [0.29, 0.717) is 27.4 Å². The van der Waals surface area contributed by atoms with Crippen LogP contribution in [0.25, 0.3) is 5.82 Å². The summed E-state index contributed by atoms with van der Waals surface area (Å²) in [4.78, 5) is 4.28. The van der Waals surface area contributed by atoms with Crippen LogP contribution in [0, 0.1) is 0 Å². The summed E-state index contributed by atoms with van der Waals surface area (Å²) in [5.74, 6) is 1.66. The first-order chi connectivity index (χ1) is 8.15. The van der Waals surface area contributed by atoms with Gasteiger partial charge < -0.3 is 10.1 Å². The van der Waals surface area contributed by atoms with Gasteiger partial charge in [-0.1, -0.05) is 23.2 Å². The fraction of sp³-hybridized carbons (Fsp3) is 0.200. The van der Waals surface area contributed by atoms with Crippen LogP contribution in [0.2, 0.25) is 10.0 Å². The number of nitrogens with zero attached hydrogens (tertiary/aromatic N) is 3. The highest BCUT2D eigenvalue weighted by molar-refractivity contribution is 6.36. The van der Waals surface area contributed by atoms with Gasteiger partial charge in [-0.25, -0.2) is 9.67 Å². The van der Waals surface area contributed by atoms with Gasteiger partial charge in [0.05, 0.1) is 29.5 Å². The average molecular weight is 273 g/mol. The number of methoxy groups -OCH3 is 1. The summed E-state index contributed by atoms with van der Waals surface area (Å²) in [6, 6.07) is 1.62. The van der Waals surface area contributed by atoms with E-state index in [1.807, 2.05) is 0 Å². The number of anilines is 1. The molecular weight excluding hydrogens is 263 g/mol. The molecule has 0 amide bonds. The van der Waals surface area contributed by atoms with Gasteiger partial charge in [0.2, 0.25) is 0 Å². The lowest BCUT2D eigenvalue weighted by molar-refractivity contribution is 0.414. The summed E-state index contributed by atoms with van der Waals surface area (Å²) >= 11 is 12.0. The molecule has 2 heterocycles. The van der Waals surface area contributed by atoms with E-state index in [1.54, 1.807) is 32.6 Å². The minimum absolute atomic E-state index is 0.416. The van der Waals surface area contributed by atoms with Gasteiger partial charge >= 0.3 is 0 Å². The maximum absolute atomic E-state index is 6.07. The number of pyridine rings is 1. The molecule has 0 atom stereocenters. The molecule has 0 fully saturated rings. The van der Waals surface area contributed by atoms with Gasteiger partial charge in [0.15, 0.2) is 11.6 Å². The van der Waals surface area contributed by atoms with Crippen LogP contribution < -0.4 is 10.1 Å². The second-order valence-corrected chi connectivity index (χ2v) is 4.01. The van der Waals surface area contributed by atoms with Crippen molar-refractivity contribution in [3.8, 4) is 11.6 Å². The van der Waals surface area contributed by atoms with E-state index in [0.717, 1.165) is 0 Å². The highest BCUT2D eigenvalue weighted by Crippen LogP contribution is 2.28. The SMILES string of the molecule is CNc1nc(-n2cc(OC)cn2)c(Cl)cc1Cl. The molecule has 0 aliphatic carbocycles. The molecule has 0 saturated carbocycles. The summed E-state index contributed by atoms with van der Waals surface area (Å²) < 4.78 is 6.57. The Bertz CT molecular complexity index is 541. The minimum atomic E-state index is 0.416. The number of hydrogen-bond acceptors (Lipinski definition) is 4. The quantitative estimate of drug-likeness (QED) is 0.934. The van der Waals surface area contributed by atoms with Crippen molar-refractivity contribution in [2.45, 2.75) is 0 Å². The Balaban J connectivity index is 2.50. The van der Waals surface area contributed by atoms with Crippen molar-refractivity contribution in [1.82, 2.24) is 14.8 Å². The van der Waals surface area contributed by atoms with Gasteiger partial charge in [0.25, 0.3) is 0 Å². The molecule has 0 aliphatic heterocycles. The first-order valence-electron chi connectivity index (χ1n) is 4.78. The standard InChI is InChI=1S/C10H10Cl2N4O/c1-13-9-7(11)3-8(12)10(15-9)16-5-6(17-2)4-14-16/h3-5H,1-2H3,(H,13,15). The highest BCUT2D eigenvalue weighted by Gasteiger charge is 2.11. The van der Waals surface area contributed by atoms with Crippen LogP contribution in [0.15, 0.2) is 18.5 Å². The Labute approximate surface area is 108 Å². The molecule has 0 unspecified atom stereocenters. The monoisotopic (exact) mass is 272 g/mol. The van der Waals surface area contributed by atoms with Crippen molar-refractivity contribution in [2.24, 2.45) is 0 Å². The predicted molar refractivity (Wildman–Crippen MR) is 67.5 cm³/mol. The number of hydrogen-bond donors (Lipinski definition) is 1. The lowest BCUT2D eigenvalue weighted by Crippen LogP contribution is -2.02. The Morgan fingerprint density at radius 1 is 1.35 bits per heavy atom. The van der Waals surface area contributed by atoms with Crippen molar-refractivity contribution in [2.75, 3.05) is 19.5 Å². The number of nitrogens with one attached hydrogen (secondary N) is 1. The third kappa shape index (κ3) is 2.30. The van der Waals surface area contributed by atoms with E-state index in [2.05, 4.69) is 15.4 Å². The third-order valence-electron chi connectivity index (χ3n) is 2.16. The number of halogens is 2. The van der Waals surface area contributed by atoms with Crippen molar-refractivity contribution >= 4 is 29.0 Å². The second kappa shape index (κ2) is 4.81. The zero-order chi connectivity index (χ0) is 12.4. The first-order valence-corrected chi connectivity index (χ1v) is 5.54. The zero-order valence-corrected chi connectivity index (χ0v) is 10.7. The second-order valence-electron chi connectivity index (χ2n) is 3.20.